The van der Waals surface area contributed by atoms with E-state index in [1.165, 1.54) is 6.07 Å². The van der Waals surface area contributed by atoms with Crippen molar-refractivity contribution in [2.24, 2.45) is 0 Å². The number of halogens is 2. The van der Waals surface area contributed by atoms with Crippen LogP contribution in [0.5, 0.6) is 0 Å². The Bertz CT molecular complexity index is 420. The molecule has 1 atom stereocenters. The molecule has 3 nitrogen and oxygen atoms in total. The fraction of sp³-hybridized carbons (Fsp3) is 0.300. The molecule has 1 aromatic carbocycles. The lowest BCUT2D eigenvalue weighted by molar-refractivity contribution is 0.189. The number of carbonyl (C=O) groups is 1. The molecule has 0 fully saturated rings. The summed E-state index contributed by atoms with van der Waals surface area (Å²) in [6.07, 6.45) is -0.228. The first-order valence-corrected chi connectivity index (χ1v) is 4.55. The van der Waals surface area contributed by atoms with Crippen molar-refractivity contribution in [3.63, 3.8) is 0 Å². The van der Waals surface area contributed by atoms with Crippen LogP contribution in [-0.4, -0.2) is 11.2 Å². The van der Waals surface area contributed by atoms with Crippen molar-refractivity contribution in [2.75, 3.05) is 0 Å². The molecule has 0 aliphatic heterocycles. The van der Waals surface area contributed by atoms with E-state index in [1.807, 2.05) is 0 Å². The minimum absolute atomic E-state index is 0.277. The molecule has 15 heavy (non-hydrogen) atoms. The van der Waals surface area contributed by atoms with Gasteiger partial charge in [-0.15, -0.1) is 0 Å². The van der Waals surface area contributed by atoms with Crippen LogP contribution < -0.4 is 5.32 Å². The van der Waals surface area contributed by atoms with Crippen LogP contribution in [0.4, 0.5) is 13.6 Å². The first-order valence-electron chi connectivity index (χ1n) is 4.55. The van der Waals surface area contributed by atoms with Crippen LogP contribution in [-0.2, 0) is 6.42 Å². The fourth-order valence-electron chi connectivity index (χ4n) is 1.97. The Balaban J connectivity index is 2.37. The van der Waals surface area contributed by atoms with Crippen molar-refractivity contribution in [3.8, 4) is 0 Å². The van der Waals surface area contributed by atoms with Gasteiger partial charge in [-0.3, -0.25) is 0 Å². The lowest BCUT2D eigenvalue weighted by atomic mass is 10.1. The number of fused-ring (bicyclic) bond motifs is 1. The Morgan fingerprint density at radius 3 is 2.87 bits per heavy atom. The molecular formula is C10H9F2NO2. The Labute approximate surface area is 84.7 Å². The summed E-state index contributed by atoms with van der Waals surface area (Å²) in [6.45, 7) is 0. The van der Waals surface area contributed by atoms with Crippen LogP contribution >= 0.6 is 0 Å². The summed E-state index contributed by atoms with van der Waals surface area (Å²) in [5.74, 6) is -1.30. The molecular weight excluding hydrogens is 204 g/mol. The second-order valence-corrected chi connectivity index (χ2v) is 3.50. The summed E-state index contributed by atoms with van der Waals surface area (Å²) in [6, 6.07) is 1.47. The van der Waals surface area contributed by atoms with E-state index in [9.17, 15) is 13.6 Å². The van der Waals surface area contributed by atoms with Gasteiger partial charge in [-0.25, -0.2) is 13.6 Å². The molecule has 5 heteroatoms. The monoisotopic (exact) mass is 213 g/mol. The summed E-state index contributed by atoms with van der Waals surface area (Å²) in [7, 11) is 0. The molecule has 0 heterocycles. The summed E-state index contributed by atoms with van der Waals surface area (Å²) in [5, 5.41) is 10.7. The molecule has 0 saturated carbocycles. The maximum absolute atomic E-state index is 13.4. The Kier molecular flexibility index (Phi) is 2.30. The number of hydrogen-bond donors (Lipinski definition) is 2. The van der Waals surface area contributed by atoms with Gasteiger partial charge in [-0.1, -0.05) is 0 Å². The summed E-state index contributed by atoms with van der Waals surface area (Å²) in [5.41, 5.74) is 0.824. The number of aryl methyl sites for hydroxylation is 1. The Morgan fingerprint density at radius 1 is 1.47 bits per heavy atom. The van der Waals surface area contributed by atoms with E-state index in [0.717, 1.165) is 6.07 Å². The quantitative estimate of drug-likeness (QED) is 0.751. The molecule has 0 saturated heterocycles. The van der Waals surface area contributed by atoms with Crippen molar-refractivity contribution < 1.29 is 18.7 Å². The van der Waals surface area contributed by atoms with E-state index in [4.69, 9.17) is 5.11 Å². The highest BCUT2D eigenvalue weighted by Crippen LogP contribution is 2.33. The number of benzene rings is 1. The molecule has 0 aromatic heterocycles. The van der Waals surface area contributed by atoms with Crippen molar-refractivity contribution in [3.05, 3.63) is 34.9 Å². The van der Waals surface area contributed by atoms with Crippen LogP contribution in [0, 0.1) is 11.6 Å². The molecule has 1 aliphatic carbocycles. The van der Waals surface area contributed by atoms with E-state index in [-0.39, 0.29) is 5.56 Å². The third kappa shape index (κ3) is 1.77. The third-order valence-corrected chi connectivity index (χ3v) is 2.53. The normalized spacial score (nSPS) is 18.7. The maximum atomic E-state index is 13.4. The predicted octanol–water partition coefficient (Wildman–Crippen LogP) is 2.22. The molecule has 0 radical (unpaired) electrons. The van der Waals surface area contributed by atoms with Crippen molar-refractivity contribution >= 4 is 6.09 Å². The zero-order valence-corrected chi connectivity index (χ0v) is 7.76. The molecule has 2 rings (SSSR count). The van der Waals surface area contributed by atoms with E-state index in [1.54, 1.807) is 0 Å². The number of rotatable bonds is 1. The zero-order valence-electron chi connectivity index (χ0n) is 7.76. The molecule has 2 N–H and O–H groups in total. The number of amides is 1. The first kappa shape index (κ1) is 9.89. The van der Waals surface area contributed by atoms with Gasteiger partial charge in [0.05, 0.1) is 6.04 Å². The van der Waals surface area contributed by atoms with Gasteiger partial charge < -0.3 is 10.4 Å². The number of carboxylic acid groups (broad SMARTS) is 1. The second kappa shape index (κ2) is 3.49. The smallest absolute Gasteiger partial charge is 0.405 e. The summed E-state index contributed by atoms with van der Waals surface area (Å²) < 4.78 is 26.2. The minimum atomic E-state index is -1.20. The van der Waals surface area contributed by atoms with Crippen LogP contribution in [0.15, 0.2) is 12.1 Å². The summed E-state index contributed by atoms with van der Waals surface area (Å²) >= 11 is 0. The largest absolute Gasteiger partial charge is 0.465 e. The van der Waals surface area contributed by atoms with Gasteiger partial charge in [-0.05, 0) is 24.5 Å². The average molecular weight is 213 g/mol. The first-order chi connectivity index (χ1) is 7.08. The second-order valence-electron chi connectivity index (χ2n) is 3.50. The predicted molar refractivity (Wildman–Crippen MR) is 48.6 cm³/mol. The van der Waals surface area contributed by atoms with Gasteiger partial charge in [0.2, 0.25) is 0 Å². The van der Waals surface area contributed by atoms with Crippen LogP contribution in [0.2, 0.25) is 0 Å². The van der Waals surface area contributed by atoms with Gasteiger partial charge in [-0.2, -0.15) is 0 Å². The van der Waals surface area contributed by atoms with Crippen molar-refractivity contribution in [1.29, 1.82) is 0 Å². The lowest BCUT2D eigenvalue weighted by Crippen LogP contribution is -2.25. The van der Waals surface area contributed by atoms with Gasteiger partial charge in [0.1, 0.15) is 11.6 Å². The number of hydrogen-bond acceptors (Lipinski definition) is 1. The molecule has 0 spiro atoms. The van der Waals surface area contributed by atoms with E-state index in [0.29, 0.717) is 18.4 Å². The molecule has 0 bridgehead atoms. The molecule has 1 amide bonds. The lowest BCUT2D eigenvalue weighted by Gasteiger charge is -2.11. The minimum Gasteiger partial charge on any atom is -0.465 e. The number of nitrogens with one attached hydrogen (secondary N) is 1. The summed E-state index contributed by atoms with van der Waals surface area (Å²) in [4.78, 5) is 10.4. The van der Waals surface area contributed by atoms with E-state index < -0.39 is 23.8 Å². The topological polar surface area (TPSA) is 49.3 Å². The van der Waals surface area contributed by atoms with Crippen molar-refractivity contribution in [1.82, 2.24) is 5.32 Å². The Morgan fingerprint density at radius 2 is 2.20 bits per heavy atom. The highest BCUT2D eigenvalue weighted by molar-refractivity contribution is 5.65. The van der Waals surface area contributed by atoms with Gasteiger partial charge >= 0.3 is 6.09 Å². The highest BCUT2D eigenvalue weighted by atomic mass is 19.1. The molecule has 1 aromatic rings. The SMILES string of the molecule is O=C(O)NC1CCc2cc(F)cc(F)c21. The standard InChI is InChI=1S/C10H9F2NO2/c11-6-3-5-1-2-8(13-10(14)15)9(5)7(12)4-6/h3-4,8,13H,1-2H2,(H,14,15). The Hall–Kier alpha value is -1.65. The van der Waals surface area contributed by atoms with E-state index in [2.05, 4.69) is 5.32 Å². The van der Waals surface area contributed by atoms with E-state index >= 15 is 0 Å². The molecule has 80 valence electrons. The van der Waals surface area contributed by atoms with Crippen molar-refractivity contribution in [2.45, 2.75) is 18.9 Å². The third-order valence-electron chi connectivity index (χ3n) is 2.53. The van der Waals surface area contributed by atoms with Gasteiger partial charge in [0, 0.05) is 11.6 Å². The van der Waals surface area contributed by atoms with Gasteiger partial charge in [0.15, 0.2) is 0 Å². The highest BCUT2D eigenvalue weighted by Gasteiger charge is 2.27. The maximum Gasteiger partial charge on any atom is 0.405 e. The average Bonchev–Trinajstić information content (AvgIpc) is 2.46. The van der Waals surface area contributed by atoms with Crippen LogP contribution in [0.3, 0.4) is 0 Å². The molecule has 1 unspecified atom stereocenters. The van der Waals surface area contributed by atoms with Crippen LogP contribution in [0.1, 0.15) is 23.6 Å². The fourth-order valence-corrected chi connectivity index (χ4v) is 1.97. The zero-order chi connectivity index (χ0) is 11.0. The molecule has 1 aliphatic rings. The van der Waals surface area contributed by atoms with Crippen LogP contribution in [0.25, 0.3) is 0 Å². The van der Waals surface area contributed by atoms with Gasteiger partial charge in [0.25, 0.3) is 0 Å².